The maximum atomic E-state index is 11.1. The Balaban J connectivity index is -0.000000720. The van der Waals surface area contributed by atoms with E-state index in [-0.39, 0.29) is 118 Å². The molecule has 0 aromatic carbocycles. The summed E-state index contributed by atoms with van der Waals surface area (Å²) in [6.45, 7) is 0. The number of phosphoric ester groups is 2. The van der Waals surface area contributed by atoms with Crippen LogP contribution >= 0.6 is 15.6 Å². The van der Waals surface area contributed by atoms with Crippen molar-refractivity contribution >= 4 is 25.8 Å². The molecule has 0 aromatic rings. The predicted octanol–water partition coefficient (Wildman–Crippen LogP) is -18.1. The molecule has 0 radical (unpaired) electrons. The topological polar surface area (TPSA) is 249 Å². The third-order valence-corrected chi connectivity index (χ3v) is 4.38. The van der Waals surface area contributed by atoms with Crippen molar-refractivity contribution in [1.29, 1.82) is 0 Å². The van der Waals surface area contributed by atoms with E-state index in [4.69, 9.17) is 0 Å². The van der Waals surface area contributed by atoms with Gasteiger partial charge in [0, 0.05) is 0 Å². The van der Waals surface area contributed by atoms with Gasteiger partial charge in [0.15, 0.2) is 0 Å². The van der Waals surface area contributed by atoms with Crippen LogP contribution < -0.4 is 138 Å². The van der Waals surface area contributed by atoms with E-state index < -0.39 is 62.4 Å². The molecule has 0 aliphatic heterocycles. The maximum Gasteiger partial charge on any atom is 1.00 e. The quantitative estimate of drug-likeness (QED) is 0.172. The van der Waals surface area contributed by atoms with E-state index in [1.165, 1.54) is 0 Å². The Kier molecular flexibility index (Phi) is 21.2. The largest absolute Gasteiger partial charge is 1.00 e. The first-order valence-corrected chi connectivity index (χ1v) is 10.6. The van der Waals surface area contributed by atoms with E-state index in [0.29, 0.717) is 6.26 Å². The normalized spacial score (nSPS) is 30.7. The van der Waals surface area contributed by atoms with Crippen molar-refractivity contribution in [1.82, 2.24) is 0 Å². The summed E-state index contributed by atoms with van der Waals surface area (Å²) in [5, 5.41) is 29.2. The first-order valence-electron chi connectivity index (χ1n) is 5.85. The maximum absolute atomic E-state index is 11.1. The summed E-state index contributed by atoms with van der Waals surface area (Å²) in [4.78, 5) is 42.6. The van der Waals surface area contributed by atoms with Gasteiger partial charge in [0.05, 0.1) is 21.9 Å². The van der Waals surface area contributed by atoms with Gasteiger partial charge in [-0.15, -0.1) is 0 Å². The molecule has 0 amide bonds. The fourth-order valence-electron chi connectivity index (χ4n) is 2.03. The molecule has 3 N–H and O–H groups in total. The molecule has 0 bridgehead atoms. The second kappa shape index (κ2) is 15.1. The van der Waals surface area contributed by atoms with Crippen LogP contribution in [0.4, 0.5) is 0 Å². The molecule has 28 heavy (non-hydrogen) atoms. The molecule has 1 rings (SSSR count). The van der Waals surface area contributed by atoms with Crippen LogP contribution in [0, 0.1) is 0 Å². The van der Waals surface area contributed by atoms with Gasteiger partial charge in [-0.05, 0) is 0 Å². The predicted molar refractivity (Wildman–Crippen MR) is 62.7 cm³/mol. The number of phosphoric acid groups is 2. The molecule has 0 spiro atoms. The monoisotopic (exact) mass is 506 g/mol. The van der Waals surface area contributed by atoms with Crippen molar-refractivity contribution in [2.75, 3.05) is 6.26 Å². The van der Waals surface area contributed by atoms with Crippen molar-refractivity contribution in [3.8, 4) is 0 Å². The minimum absolute atomic E-state index is 0. The molecule has 6 atom stereocenters. The first-order chi connectivity index (χ1) is 10.5. The summed E-state index contributed by atoms with van der Waals surface area (Å²) in [6, 6.07) is 0. The Hall–Kier alpha value is 4.01. The molecule has 144 valence electrons. The van der Waals surface area contributed by atoms with E-state index in [9.17, 15) is 52.4 Å². The van der Waals surface area contributed by atoms with Crippen molar-refractivity contribution in [3.63, 3.8) is 0 Å². The number of aliphatic hydroxyl groups is 3. The third kappa shape index (κ3) is 13.7. The molecular weight excluding hydrogens is 494 g/mol. The number of aliphatic hydroxyl groups excluding tert-OH is 3. The zero-order valence-corrected chi connectivity index (χ0v) is 26.2. The van der Waals surface area contributed by atoms with Gasteiger partial charge in [-0.3, -0.25) is 4.18 Å². The van der Waals surface area contributed by atoms with E-state index in [1.807, 2.05) is 0 Å². The average molecular weight is 506 g/mol. The number of hydrogen-bond acceptors (Lipinski definition) is 14. The molecule has 21 heteroatoms. The summed E-state index contributed by atoms with van der Waals surface area (Å²) in [5.74, 6) is 0. The third-order valence-electron chi connectivity index (χ3n) is 2.81. The first kappa shape index (κ1) is 39.2. The molecule has 0 saturated heterocycles. The van der Waals surface area contributed by atoms with Gasteiger partial charge < -0.3 is 53.1 Å². The Labute approximate surface area is 248 Å². The number of hydrogen-bond donors (Lipinski definition) is 3. The molecule has 1 fully saturated rings. The minimum Gasteiger partial charge on any atom is -0.790 e. The van der Waals surface area contributed by atoms with Crippen LogP contribution in [-0.2, 0) is 32.5 Å². The molecule has 1 aliphatic carbocycles. The molecule has 0 unspecified atom stereocenters. The van der Waals surface area contributed by atoms with E-state index in [1.54, 1.807) is 0 Å². The fraction of sp³-hybridized carbons (Fsp3) is 1.00. The van der Waals surface area contributed by atoms with Gasteiger partial charge >= 0.3 is 118 Å². The second-order valence-electron chi connectivity index (χ2n) is 4.77. The van der Waals surface area contributed by atoms with Crippen LogP contribution in [0.3, 0.4) is 0 Å². The van der Waals surface area contributed by atoms with Crippen molar-refractivity contribution in [2.45, 2.75) is 36.6 Å². The van der Waals surface area contributed by atoms with Gasteiger partial charge in [-0.25, -0.2) is 0 Å². The van der Waals surface area contributed by atoms with E-state index in [2.05, 4.69) is 13.2 Å². The zero-order valence-electron chi connectivity index (χ0n) is 15.6. The zero-order chi connectivity index (χ0) is 19.1. The summed E-state index contributed by atoms with van der Waals surface area (Å²) in [7, 11) is -16.2. The van der Waals surface area contributed by atoms with Gasteiger partial charge in [-0.2, -0.15) is 8.42 Å². The van der Waals surface area contributed by atoms with Crippen LogP contribution in [0.1, 0.15) is 0 Å². The second-order valence-corrected chi connectivity index (χ2v) is 8.58. The molecular formula is C7H12Na4O14P2S. The molecule has 14 nitrogen and oxygen atoms in total. The van der Waals surface area contributed by atoms with Gasteiger partial charge in [0.2, 0.25) is 0 Å². The summed E-state index contributed by atoms with van der Waals surface area (Å²) in [6.07, 6.45) is -14.2. The van der Waals surface area contributed by atoms with Gasteiger partial charge in [-0.1, -0.05) is 0 Å². The average Bonchev–Trinajstić information content (AvgIpc) is 2.32. The Bertz CT molecular complexity index is 652. The molecule has 1 saturated carbocycles. The van der Waals surface area contributed by atoms with Crippen LogP contribution in [0.5, 0.6) is 0 Å². The van der Waals surface area contributed by atoms with Crippen LogP contribution in [0.15, 0.2) is 0 Å². The standard InChI is InChI=1S/C7H16O14P2S.4Na/c1-24(17,18)21-7-3(9)2(8)5(19-22(11,12)13)4(10)6(7)20-23(14,15)16;;;;/h2-10H,1H3,(H2,11,12,13)(H2,14,15,16);;;;/q;4*+1/p-4/t2-,3+,4+,5-,6-,7-;;;;/m1..../s1. The SMILES string of the molecule is CS(=O)(=O)O[C@@H]1[C@@H](O)[C@@H](O)[C@@H](OP(=O)([O-])[O-])[C@H](O)[C@H]1OP(=O)([O-])[O-].[Na+].[Na+].[Na+].[Na+]. The smallest absolute Gasteiger partial charge is 0.790 e. The van der Waals surface area contributed by atoms with Crippen LogP contribution in [0.25, 0.3) is 0 Å². The molecule has 1 aliphatic rings. The number of rotatable bonds is 6. The van der Waals surface area contributed by atoms with Crippen molar-refractivity contribution in [2.24, 2.45) is 0 Å². The van der Waals surface area contributed by atoms with Crippen molar-refractivity contribution in [3.05, 3.63) is 0 Å². The van der Waals surface area contributed by atoms with Gasteiger partial charge in [0.25, 0.3) is 10.1 Å². The summed E-state index contributed by atoms with van der Waals surface area (Å²) in [5.41, 5.74) is 0. The van der Waals surface area contributed by atoms with Crippen molar-refractivity contribution < 1.29 is 184 Å². The Morgan fingerprint density at radius 1 is 0.714 bits per heavy atom. The Morgan fingerprint density at radius 3 is 1.36 bits per heavy atom. The van der Waals surface area contributed by atoms with E-state index in [0.717, 1.165) is 0 Å². The van der Waals surface area contributed by atoms with Crippen LogP contribution in [0.2, 0.25) is 0 Å². The summed E-state index contributed by atoms with van der Waals surface area (Å²) < 4.78 is 55.5. The molecule has 0 heterocycles. The minimum atomic E-state index is -5.91. The van der Waals surface area contributed by atoms with Gasteiger partial charge in [0.1, 0.15) is 36.6 Å². The van der Waals surface area contributed by atoms with Crippen LogP contribution in [-0.4, -0.2) is 66.6 Å². The Morgan fingerprint density at radius 2 is 1.04 bits per heavy atom. The fourth-order valence-corrected chi connectivity index (χ4v) is 3.74. The molecule has 0 aromatic heterocycles. The summed E-state index contributed by atoms with van der Waals surface area (Å²) >= 11 is 0. The van der Waals surface area contributed by atoms with E-state index >= 15 is 0 Å².